The van der Waals surface area contributed by atoms with E-state index in [0.717, 1.165) is 62.5 Å². The highest BCUT2D eigenvalue weighted by atomic mass is 16.7. The monoisotopic (exact) mass is 485 g/mol. The van der Waals surface area contributed by atoms with Crippen molar-refractivity contribution in [2.24, 2.45) is 11.3 Å². The van der Waals surface area contributed by atoms with Crippen LogP contribution in [-0.2, 0) is 9.63 Å². The molecule has 2 saturated carbocycles. The van der Waals surface area contributed by atoms with Gasteiger partial charge < -0.3 is 10.2 Å². The largest absolute Gasteiger partial charge is 0.393 e. The average Bonchev–Trinajstić information content (AvgIpc) is 3.16. The van der Waals surface area contributed by atoms with Crippen molar-refractivity contribution in [1.29, 1.82) is 0 Å². The maximum absolute atomic E-state index is 12.5. The Morgan fingerprint density at radius 2 is 1.97 bits per heavy atom. The summed E-state index contributed by atoms with van der Waals surface area (Å²) in [6.07, 6.45) is 14.5. The number of rotatable bonds is 9. The number of fused-ring (bicyclic) bond motifs is 1. The van der Waals surface area contributed by atoms with Crippen molar-refractivity contribution in [3.05, 3.63) is 47.1 Å². The van der Waals surface area contributed by atoms with Crippen molar-refractivity contribution in [1.82, 2.24) is 5.06 Å². The van der Waals surface area contributed by atoms with Gasteiger partial charge in [-0.1, -0.05) is 64.0 Å². The van der Waals surface area contributed by atoms with E-state index in [2.05, 4.69) is 52.5 Å². The summed E-state index contributed by atoms with van der Waals surface area (Å²) in [5.41, 5.74) is 4.43. The van der Waals surface area contributed by atoms with Gasteiger partial charge in [-0.15, -0.1) is 0 Å². The van der Waals surface area contributed by atoms with E-state index in [1.807, 2.05) is 0 Å². The van der Waals surface area contributed by atoms with Crippen LogP contribution in [-0.4, -0.2) is 45.5 Å². The van der Waals surface area contributed by atoms with E-state index in [9.17, 15) is 15.0 Å². The number of aliphatic hydroxyl groups is 2. The minimum Gasteiger partial charge on any atom is -0.393 e. The molecule has 35 heavy (non-hydrogen) atoms. The Balaban J connectivity index is 1.78. The first-order valence-electron chi connectivity index (χ1n) is 13.7. The molecule has 0 aromatic rings. The predicted molar refractivity (Wildman–Crippen MR) is 141 cm³/mol. The Hall–Kier alpha value is -1.69. The molecule has 5 nitrogen and oxygen atoms in total. The molecule has 0 heterocycles. The van der Waals surface area contributed by atoms with Crippen molar-refractivity contribution < 1.29 is 19.8 Å². The van der Waals surface area contributed by atoms with E-state index < -0.39 is 12.2 Å². The smallest absolute Gasteiger partial charge is 0.243 e. The van der Waals surface area contributed by atoms with Crippen molar-refractivity contribution in [2.75, 3.05) is 0 Å². The van der Waals surface area contributed by atoms with Crippen molar-refractivity contribution in [3.8, 4) is 0 Å². The molecule has 0 bridgehead atoms. The van der Waals surface area contributed by atoms with Crippen molar-refractivity contribution >= 4 is 5.91 Å². The van der Waals surface area contributed by atoms with Gasteiger partial charge in [-0.05, 0) is 79.9 Å². The molecular weight excluding hydrogens is 438 g/mol. The highest BCUT2D eigenvalue weighted by Gasteiger charge is 2.47. The topological polar surface area (TPSA) is 70.0 Å². The fourth-order valence-electron chi connectivity index (χ4n) is 6.64. The van der Waals surface area contributed by atoms with E-state index in [0.29, 0.717) is 18.8 Å². The summed E-state index contributed by atoms with van der Waals surface area (Å²) in [4.78, 5) is 19.0. The van der Waals surface area contributed by atoms with Crippen LogP contribution in [0.15, 0.2) is 47.1 Å². The lowest BCUT2D eigenvalue weighted by Gasteiger charge is -2.43. The Bertz CT molecular complexity index is 866. The lowest BCUT2D eigenvalue weighted by molar-refractivity contribution is -0.214. The molecule has 2 fully saturated rings. The van der Waals surface area contributed by atoms with Crippen LogP contribution in [0, 0.1) is 11.3 Å². The number of aliphatic hydroxyl groups excluding tert-OH is 2. The van der Waals surface area contributed by atoms with E-state index in [1.54, 1.807) is 12.0 Å². The Morgan fingerprint density at radius 3 is 2.60 bits per heavy atom. The Kier molecular flexibility index (Phi) is 9.59. The molecule has 0 aliphatic heterocycles. The summed E-state index contributed by atoms with van der Waals surface area (Å²) >= 11 is 0. The van der Waals surface area contributed by atoms with Crippen LogP contribution in [0.4, 0.5) is 0 Å². The summed E-state index contributed by atoms with van der Waals surface area (Å²) < 4.78 is 0. The first-order valence-corrected chi connectivity index (χ1v) is 13.7. The third kappa shape index (κ3) is 6.18. The zero-order chi connectivity index (χ0) is 25.8. The number of allylic oxidation sites excluding steroid dienone is 4. The van der Waals surface area contributed by atoms with Gasteiger partial charge in [-0.2, -0.15) is 0 Å². The lowest BCUT2D eigenvalue weighted by atomic mass is 9.63. The number of nitrogens with zero attached hydrogens (tertiary/aromatic N) is 1. The van der Waals surface area contributed by atoms with E-state index in [4.69, 9.17) is 4.84 Å². The number of hydrogen-bond donors (Lipinski definition) is 2. The molecule has 3 aliphatic carbocycles. The van der Waals surface area contributed by atoms with Crippen LogP contribution in [0.1, 0.15) is 98.8 Å². The number of amides is 1. The second-order valence-corrected chi connectivity index (χ2v) is 11.1. The van der Waals surface area contributed by atoms with Crippen LogP contribution in [0.3, 0.4) is 0 Å². The van der Waals surface area contributed by atoms with Crippen LogP contribution in [0.25, 0.3) is 0 Å². The molecule has 196 valence electrons. The number of carbonyl (C=O) groups is 1. The van der Waals surface area contributed by atoms with Gasteiger partial charge in [-0.25, -0.2) is 5.06 Å². The second kappa shape index (κ2) is 12.0. The van der Waals surface area contributed by atoms with Crippen molar-refractivity contribution in [2.45, 2.75) is 123 Å². The fourth-order valence-corrected chi connectivity index (χ4v) is 6.64. The summed E-state index contributed by atoms with van der Waals surface area (Å²) in [5, 5.41) is 21.9. The highest BCUT2D eigenvalue weighted by molar-refractivity contribution is 5.72. The molecule has 0 saturated heterocycles. The van der Waals surface area contributed by atoms with Crippen molar-refractivity contribution in [3.63, 3.8) is 0 Å². The molecule has 0 aromatic carbocycles. The molecule has 1 amide bonds. The zero-order valence-corrected chi connectivity index (χ0v) is 22.6. The lowest BCUT2D eigenvalue weighted by Crippen LogP contribution is -2.43. The first kappa shape index (κ1) is 27.9. The molecule has 5 heteroatoms. The number of hydrogen-bond acceptors (Lipinski definition) is 4. The maximum atomic E-state index is 12.5. The standard InChI is InChI=1S/C30H47NO4/c1-7-10-25(11-8-2)31(22(5)32)35-21(4)27-15-16-28-23(12-9-17-30(27,28)6)13-14-24-18-26(33)19-29(34)20(24)3/h13-15,21,25-26,28-29,33-34H,3,7-12,16-19H2,1-2,4-6H3/t21-,26+,28?,29-,30+/m0/s1. The molecule has 0 radical (unpaired) electrons. The van der Waals surface area contributed by atoms with Crippen LogP contribution in [0.2, 0.25) is 0 Å². The van der Waals surface area contributed by atoms with E-state index in [-0.39, 0.29) is 23.5 Å². The summed E-state index contributed by atoms with van der Waals surface area (Å²) in [5.74, 6) is 0.394. The molecule has 0 aromatic heterocycles. The van der Waals surface area contributed by atoms with E-state index in [1.165, 1.54) is 11.1 Å². The molecular formula is C30H47NO4. The van der Waals surface area contributed by atoms with Gasteiger partial charge in [0.15, 0.2) is 0 Å². The third-order valence-electron chi connectivity index (χ3n) is 8.47. The molecule has 3 aliphatic rings. The number of hydroxylamine groups is 2. The maximum Gasteiger partial charge on any atom is 0.243 e. The third-order valence-corrected chi connectivity index (χ3v) is 8.47. The second-order valence-electron chi connectivity index (χ2n) is 11.1. The van der Waals surface area contributed by atoms with Gasteiger partial charge in [0.25, 0.3) is 0 Å². The fraction of sp³-hybridized carbons (Fsp3) is 0.700. The highest BCUT2D eigenvalue weighted by Crippen LogP contribution is 2.56. The van der Waals surface area contributed by atoms with Gasteiger partial charge in [0, 0.05) is 13.3 Å². The number of carbonyl (C=O) groups excluding carboxylic acids is 1. The Morgan fingerprint density at radius 1 is 1.29 bits per heavy atom. The summed E-state index contributed by atoms with van der Waals surface area (Å²) in [6, 6.07) is 0.123. The van der Waals surface area contributed by atoms with Gasteiger partial charge in [0.1, 0.15) is 6.10 Å². The first-order chi connectivity index (χ1) is 16.6. The quantitative estimate of drug-likeness (QED) is 0.302. The normalized spacial score (nSPS) is 32.2. The molecule has 1 unspecified atom stereocenters. The van der Waals surface area contributed by atoms with Gasteiger partial charge in [-0.3, -0.25) is 9.63 Å². The zero-order valence-electron chi connectivity index (χ0n) is 22.6. The van der Waals surface area contributed by atoms with Gasteiger partial charge >= 0.3 is 0 Å². The van der Waals surface area contributed by atoms with Gasteiger partial charge in [0.05, 0.1) is 18.2 Å². The van der Waals surface area contributed by atoms with E-state index >= 15 is 0 Å². The minimum absolute atomic E-state index is 0.0120. The molecule has 3 rings (SSSR count). The minimum atomic E-state index is -0.661. The summed E-state index contributed by atoms with van der Waals surface area (Å²) in [7, 11) is 0. The van der Waals surface area contributed by atoms with Gasteiger partial charge in [0.2, 0.25) is 5.91 Å². The Labute approximate surface area is 212 Å². The van der Waals surface area contributed by atoms with Crippen LogP contribution >= 0.6 is 0 Å². The predicted octanol–water partition coefficient (Wildman–Crippen LogP) is 6.18. The summed E-state index contributed by atoms with van der Waals surface area (Å²) in [6.45, 7) is 14.4. The molecule has 0 spiro atoms. The molecule has 2 N–H and O–H groups in total. The SMILES string of the molecule is C=C1C(=CC=C2CCC[C@]3(C)C([C@H](C)ON(C(C)=O)C(CCC)CCC)=CCC23)C[C@@H](O)C[C@@H]1O. The average molecular weight is 486 g/mol. The van der Waals surface area contributed by atoms with Crippen LogP contribution < -0.4 is 0 Å². The molecule has 5 atom stereocenters. The van der Waals surface area contributed by atoms with Crippen LogP contribution in [0.5, 0.6) is 0 Å².